The van der Waals surface area contributed by atoms with Gasteiger partial charge in [-0.1, -0.05) is 11.8 Å². The van der Waals surface area contributed by atoms with Gasteiger partial charge in [-0.05, 0) is 25.3 Å². The third-order valence-electron chi connectivity index (χ3n) is 2.42. The van der Waals surface area contributed by atoms with Gasteiger partial charge in [-0.15, -0.1) is 11.3 Å². The van der Waals surface area contributed by atoms with E-state index in [0.29, 0.717) is 11.4 Å². The molecule has 18 heavy (non-hydrogen) atoms. The normalized spacial score (nSPS) is 10.7. The lowest BCUT2D eigenvalue weighted by molar-refractivity contribution is 0.0229. The zero-order valence-corrected chi connectivity index (χ0v) is 11.7. The molecule has 3 N–H and O–H groups in total. The molecule has 0 unspecified atom stereocenters. The minimum atomic E-state index is -0.379. The van der Waals surface area contributed by atoms with Crippen LogP contribution < -0.4 is 11.1 Å². The Bertz CT molecular complexity index is 469. The van der Waals surface area contributed by atoms with Crippen LogP contribution in [-0.4, -0.2) is 31.7 Å². The lowest BCUT2D eigenvalue weighted by atomic mass is 10.1. The number of hydrogen-bond acceptors (Lipinski definition) is 4. The highest BCUT2D eigenvalue weighted by Gasteiger charge is 2.19. The number of amides is 1. The van der Waals surface area contributed by atoms with Crippen molar-refractivity contribution in [3.63, 3.8) is 0 Å². The minimum absolute atomic E-state index is 0.128. The highest BCUT2D eigenvalue weighted by Crippen LogP contribution is 2.16. The Balaban J connectivity index is 2.71. The summed E-state index contributed by atoms with van der Waals surface area (Å²) in [5.74, 6) is 5.51. The number of rotatable bonds is 4. The van der Waals surface area contributed by atoms with E-state index in [0.717, 1.165) is 5.56 Å². The molecule has 0 bridgehead atoms. The third-order valence-corrected chi connectivity index (χ3v) is 3.34. The highest BCUT2D eigenvalue weighted by molar-refractivity contribution is 7.12. The van der Waals surface area contributed by atoms with E-state index in [1.807, 2.05) is 25.3 Å². The maximum Gasteiger partial charge on any atom is 0.262 e. The molecule has 0 radical (unpaired) electrons. The van der Waals surface area contributed by atoms with Gasteiger partial charge in [0.15, 0.2) is 0 Å². The van der Waals surface area contributed by atoms with Gasteiger partial charge in [-0.2, -0.15) is 0 Å². The van der Waals surface area contributed by atoms with E-state index in [2.05, 4.69) is 17.2 Å². The number of thiophene rings is 1. The van der Waals surface area contributed by atoms with Crippen molar-refractivity contribution in [2.24, 2.45) is 5.73 Å². The first kappa shape index (κ1) is 14.7. The topological polar surface area (TPSA) is 64.3 Å². The van der Waals surface area contributed by atoms with E-state index in [-0.39, 0.29) is 18.1 Å². The Morgan fingerprint density at radius 1 is 1.61 bits per heavy atom. The van der Waals surface area contributed by atoms with Crippen LogP contribution in [0.2, 0.25) is 0 Å². The third kappa shape index (κ3) is 4.15. The number of carbonyl (C=O) groups excluding carboxylic acids is 1. The summed E-state index contributed by atoms with van der Waals surface area (Å²) < 4.78 is 5.24. The molecule has 1 amide bonds. The van der Waals surface area contributed by atoms with Crippen LogP contribution in [0.15, 0.2) is 11.4 Å². The van der Waals surface area contributed by atoms with E-state index in [1.165, 1.54) is 11.3 Å². The van der Waals surface area contributed by atoms with Crippen molar-refractivity contribution >= 4 is 17.2 Å². The predicted molar refractivity (Wildman–Crippen MR) is 73.7 cm³/mol. The summed E-state index contributed by atoms with van der Waals surface area (Å²) in [6.07, 6.45) is 0. The summed E-state index contributed by atoms with van der Waals surface area (Å²) in [6, 6.07) is 1.82. The predicted octanol–water partition coefficient (Wildman–Crippen LogP) is 1.21. The first-order valence-electron chi connectivity index (χ1n) is 5.60. The van der Waals surface area contributed by atoms with Crippen LogP contribution in [0, 0.1) is 11.8 Å². The fourth-order valence-corrected chi connectivity index (χ4v) is 1.94. The number of methoxy groups -OCH3 is 1. The minimum Gasteiger partial charge on any atom is -0.377 e. The molecule has 1 heterocycles. The first-order valence-corrected chi connectivity index (χ1v) is 6.48. The maximum absolute atomic E-state index is 12.0. The van der Waals surface area contributed by atoms with Crippen LogP contribution in [0.3, 0.4) is 0 Å². The second-order valence-electron chi connectivity index (χ2n) is 4.32. The van der Waals surface area contributed by atoms with E-state index in [4.69, 9.17) is 10.5 Å². The summed E-state index contributed by atoms with van der Waals surface area (Å²) >= 11 is 1.37. The molecule has 0 atom stereocenters. The van der Waals surface area contributed by atoms with E-state index in [1.54, 1.807) is 7.11 Å². The molecular weight excluding hydrogens is 248 g/mol. The van der Waals surface area contributed by atoms with Crippen molar-refractivity contribution in [3.8, 4) is 11.8 Å². The van der Waals surface area contributed by atoms with Crippen molar-refractivity contribution < 1.29 is 9.53 Å². The van der Waals surface area contributed by atoms with Gasteiger partial charge in [0.1, 0.15) is 4.88 Å². The number of nitrogens with two attached hydrogens (primary N) is 1. The summed E-state index contributed by atoms with van der Waals surface area (Å²) in [5, 5.41) is 4.68. The molecule has 0 fully saturated rings. The molecule has 0 saturated carbocycles. The standard InChI is InChI=1S/C13H18N2O2S/c1-13(2,17-3)9-15-12(16)11-10(5-4-7-14)6-8-18-11/h6,8H,7,9,14H2,1-3H3,(H,15,16). The zero-order valence-electron chi connectivity index (χ0n) is 10.9. The van der Waals surface area contributed by atoms with Gasteiger partial charge in [0.05, 0.1) is 12.1 Å². The van der Waals surface area contributed by atoms with Gasteiger partial charge in [0, 0.05) is 19.2 Å². The molecule has 4 nitrogen and oxygen atoms in total. The fourth-order valence-electron chi connectivity index (χ4n) is 1.18. The number of hydrogen-bond donors (Lipinski definition) is 2. The quantitative estimate of drug-likeness (QED) is 0.805. The lowest BCUT2D eigenvalue weighted by Crippen LogP contribution is -2.39. The highest BCUT2D eigenvalue weighted by atomic mass is 32.1. The van der Waals surface area contributed by atoms with Crippen molar-refractivity contribution in [3.05, 3.63) is 21.9 Å². The van der Waals surface area contributed by atoms with Crippen molar-refractivity contribution in [2.75, 3.05) is 20.2 Å². The van der Waals surface area contributed by atoms with Gasteiger partial charge in [0.25, 0.3) is 5.91 Å². The molecule has 0 saturated heterocycles. The van der Waals surface area contributed by atoms with Gasteiger partial charge >= 0.3 is 0 Å². The van der Waals surface area contributed by atoms with Gasteiger partial charge in [-0.25, -0.2) is 0 Å². The van der Waals surface area contributed by atoms with Gasteiger partial charge < -0.3 is 15.8 Å². The van der Waals surface area contributed by atoms with Gasteiger partial charge in [-0.3, -0.25) is 4.79 Å². The molecule has 0 aliphatic carbocycles. The Labute approximate surface area is 112 Å². The van der Waals surface area contributed by atoms with Crippen LogP contribution in [0.25, 0.3) is 0 Å². The van der Waals surface area contributed by atoms with Crippen LogP contribution in [0.1, 0.15) is 29.1 Å². The molecule has 0 spiro atoms. The van der Waals surface area contributed by atoms with Crippen LogP contribution >= 0.6 is 11.3 Å². The second kappa shape index (κ2) is 6.55. The van der Waals surface area contributed by atoms with Gasteiger partial charge in [0.2, 0.25) is 0 Å². The van der Waals surface area contributed by atoms with Crippen molar-refractivity contribution in [1.82, 2.24) is 5.32 Å². The van der Waals surface area contributed by atoms with Crippen LogP contribution in [-0.2, 0) is 4.74 Å². The zero-order chi connectivity index (χ0) is 13.6. The SMILES string of the molecule is COC(C)(C)CNC(=O)c1sccc1C#CCN. The maximum atomic E-state index is 12.0. The molecule has 1 rings (SSSR count). The molecule has 98 valence electrons. The fraction of sp³-hybridized carbons (Fsp3) is 0.462. The molecule has 5 heteroatoms. The second-order valence-corrected chi connectivity index (χ2v) is 5.23. The van der Waals surface area contributed by atoms with E-state index >= 15 is 0 Å². The number of nitrogens with one attached hydrogen (secondary N) is 1. The molecule has 0 aromatic carbocycles. The molecule has 0 aliphatic rings. The average Bonchev–Trinajstić information content (AvgIpc) is 2.82. The summed E-state index contributed by atoms with van der Waals surface area (Å²) in [5.41, 5.74) is 5.66. The van der Waals surface area contributed by atoms with E-state index < -0.39 is 0 Å². The molecule has 0 aliphatic heterocycles. The average molecular weight is 266 g/mol. The largest absolute Gasteiger partial charge is 0.377 e. The van der Waals surface area contributed by atoms with Crippen molar-refractivity contribution in [1.29, 1.82) is 0 Å². The summed E-state index contributed by atoms with van der Waals surface area (Å²) in [6.45, 7) is 4.56. The molecular formula is C13H18N2O2S. The summed E-state index contributed by atoms with van der Waals surface area (Å²) in [7, 11) is 1.62. The summed E-state index contributed by atoms with van der Waals surface area (Å²) in [4.78, 5) is 12.6. The Hall–Kier alpha value is -1.35. The Morgan fingerprint density at radius 2 is 2.33 bits per heavy atom. The lowest BCUT2D eigenvalue weighted by Gasteiger charge is -2.22. The first-order chi connectivity index (χ1) is 8.50. The molecule has 1 aromatic rings. The molecule has 1 aromatic heterocycles. The Kier molecular flexibility index (Phi) is 5.35. The number of carbonyl (C=O) groups is 1. The van der Waals surface area contributed by atoms with Crippen LogP contribution in [0.5, 0.6) is 0 Å². The van der Waals surface area contributed by atoms with E-state index in [9.17, 15) is 4.79 Å². The van der Waals surface area contributed by atoms with Crippen molar-refractivity contribution in [2.45, 2.75) is 19.4 Å². The monoisotopic (exact) mass is 266 g/mol. The smallest absolute Gasteiger partial charge is 0.262 e. The number of ether oxygens (including phenoxy) is 1. The van der Waals surface area contributed by atoms with Crippen LogP contribution in [0.4, 0.5) is 0 Å². The Morgan fingerprint density at radius 3 is 2.94 bits per heavy atom.